The summed E-state index contributed by atoms with van der Waals surface area (Å²) < 4.78 is 5.64. The molecule has 4 heteroatoms. The van der Waals surface area contributed by atoms with Crippen molar-refractivity contribution in [3.63, 3.8) is 0 Å². The lowest BCUT2D eigenvalue weighted by Crippen LogP contribution is -2.41. The van der Waals surface area contributed by atoms with Gasteiger partial charge in [0.05, 0.1) is 5.60 Å². The van der Waals surface area contributed by atoms with Gasteiger partial charge in [-0.1, -0.05) is 17.7 Å². The van der Waals surface area contributed by atoms with Gasteiger partial charge in [-0.15, -0.1) is 0 Å². The lowest BCUT2D eigenvalue weighted by molar-refractivity contribution is -0.137. The predicted molar refractivity (Wildman–Crippen MR) is 73.1 cm³/mol. The van der Waals surface area contributed by atoms with Crippen molar-refractivity contribution < 1.29 is 14.6 Å². The molecule has 2 unspecified atom stereocenters. The van der Waals surface area contributed by atoms with Gasteiger partial charge < -0.3 is 14.7 Å². The molecule has 1 amide bonds. The molecule has 4 nitrogen and oxygen atoms in total. The number of nitrogens with zero attached hydrogens (tertiary/aromatic N) is 1. The maximum absolute atomic E-state index is 12.2. The highest BCUT2D eigenvalue weighted by atomic mass is 16.5. The minimum atomic E-state index is -0.765. The number of β-amino-alcohol motifs (C(OH)–C–C–N with tert-alkyl or cyclic N) is 1. The molecule has 0 aliphatic carbocycles. The number of amides is 1. The molecule has 1 aromatic rings. The van der Waals surface area contributed by atoms with E-state index in [-0.39, 0.29) is 5.91 Å². The SMILES string of the molecule is Cc1ccc(OC(C)C(=O)N2CCC(C)(O)C2)cc1. The van der Waals surface area contributed by atoms with Crippen LogP contribution in [0.5, 0.6) is 5.75 Å². The van der Waals surface area contributed by atoms with Crippen LogP contribution in [-0.2, 0) is 4.79 Å². The molecule has 1 heterocycles. The molecule has 1 saturated heterocycles. The number of benzene rings is 1. The first-order valence-corrected chi connectivity index (χ1v) is 6.62. The van der Waals surface area contributed by atoms with E-state index >= 15 is 0 Å². The Hall–Kier alpha value is -1.55. The molecule has 0 saturated carbocycles. The molecule has 0 aromatic heterocycles. The van der Waals surface area contributed by atoms with Gasteiger partial charge in [0.2, 0.25) is 0 Å². The largest absolute Gasteiger partial charge is 0.481 e. The summed E-state index contributed by atoms with van der Waals surface area (Å²) in [6.45, 7) is 6.48. The Labute approximate surface area is 114 Å². The van der Waals surface area contributed by atoms with Gasteiger partial charge in [-0.05, 0) is 39.3 Å². The number of aliphatic hydroxyl groups is 1. The number of hydrogen-bond acceptors (Lipinski definition) is 3. The fourth-order valence-corrected chi connectivity index (χ4v) is 2.26. The van der Waals surface area contributed by atoms with Crippen molar-refractivity contribution in [2.75, 3.05) is 13.1 Å². The normalized spacial score (nSPS) is 24.3. The lowest BCUT2D eigenvalue weighted by Gasteiger charge is -2.23. The Bertz CT molecular complexity index is 453. The zero-order valence-corrected chi connectivity index (χ0v) is 11.7. The first-order valence-electron chi connectivity index (χ1n) is 6.62. The molecule has 19 heavy (non-hydrogen) atoms. The van der Waals surface area contributed by atoms with Crippen LogP contribution < -0.4 is 4.74 Å². The van der Waals surface area contributed by atoms with Gasteiger partial charge in [0, 0.05) is 13.1 Å². The Morgan fingerprint density at radius 2 is 2.05 bits per heavy atom. The Morgan fingerprint density at radius 1 is 1.42 bits per heavy atom. The standard InChI is InChI=1S/C15H21NO3/c1-11-4-6-13(7-5-11)19-12(2)14(17)16-9-8-15(3,18)10-16/h4-7,12,18H,8-10H2,1-3H3. The van der Waals surface area contributed by atoms with Gasteiger partial charge in [-0.25, -0.2) is 0 Å². The van der Waals surface area contributed by atoms with Crippen LogP contribution >= 0.6 is 0 Å². The average molecular weight is 263 g/mol. The number of likely N-dealkylation sites (tertiary alicyclic amines) is 1. The first-order chi connectivity index (χ1) is 8.87. The van der Waals surface area contributed by atoms with Crippen molar-refractivity contribution in [1.82, 2.24) is 4.90 Å². The van der Waals surface area contributed by atoms with Crippen LogP contribution in [0.4, 0.5) is 0 Å². The van der Waals surface area contributed by atoms with Gasteiger partial charge in [0.25, 0.3) is 5.91 Å². The van der Waals surface area contributed by atoms with Crippen LogP contribution in [0, 0.1) is 6.92 Å². The number of ether oxygens (including phenoxy) is 1. The topological polar surface area (TPSA) is 49.8 Å². The van der Waals surface area contributed by atoms with Gasteiger partial charge in [-0.3, -0.25) is 4.79 Å². The van der Waals surface area contributed by atoms with Crippen LogP contribution in [0.3, 0.4) is 0 Å². The third-order valence-corrected chi connectivity index (χ3v) is 3.45. The molecular weight excluding hydrogens is 242 g/mol. The van der Waals surface area contributed by atoms with E-state index in [9.17, 15) is 9.90 Å². The van der Waals surface area contributed by atoms with Crippen LogP contribution in [0.1, 0.15) is 25.8 Å². The van der Waals surface area contributed by atoms with Crippen LogP contribution in [-0.4, -0.2) is 40.7 Å². The fraction of sp³-hybridized carbons (Fsp3) is 0.533. The number of aryl methyl sites for hydroxylation is 1. The monoisotopic (exact) mass is 263 g/mol. The molecule has 1 aliphatic rings. The molecular formula is C15H21NO3. The van der Waals surface area contributed by atoms with Gasteiger partial charge in [0.15, 0.2) is 6.10 Å². The van der Waals surface area contributed by atoms with Crippen LogP contribution in [0.15, 0.2) is 24.3 Å². The smallest absolute Gasteiger partial charge is 0.263 e. The fourth-order valence-electron chi connectivity index (χ4n) is 2.26. The molecule has 1 aromatic carbocycles. The maximum atomic E-state index is 12.2. The van der Waals surface area contributed by atoms with E-state index in [1.54, 1.807) is 18.7 Å². The van der Waals surface area contributed by atoms with E-state index < -0.39 is 11.7 Å². The Morgan fingerprint density at radius 3 is 2.58 bits per heavy atom. The second-order valence-electron chi connectivity index (χ2n) is 5.58. The summed E-state index contributed by atoms with van der Waals surface area (Å²) >= 11 is 0. The summed E-state index contributed by atoms with van der Waals surface area (Å²) in [5, 5.41) is 9.88. The van der Waals surface area contributed by atoms with Gasteiger partial charge in [-0.2, -0.15) is 0 Å². The second-order valence-corrected chi connectivity index (χ2v) is 5.58. The van der Waals surface area contributed by atoms with E-state index in [1.807, 2.05) is 31.2 Å². The Kier molecular flexibility index (Phi) is 3.80. The van der Waals surface area contributed by atoms with Crippen molar-refractivity contribution in [2.24, 2.45) is 0 Å². The number of rotatable bonds is 3. The number of carbonyl (C=O) groups excluding carboxylic acids is 1. The zero-order valence-electron chi connectivity index (χ0n) is 11.7. The molecule has 0 spiro atoms. The summed E-state index contributed by atoms with van der Waals surface area (Å²) in [5.41, 5.74) is 0.390. The van der Waals surface area contributed by atoms with E-state index in [2.05, 4.69) is 0 Å². The van der Waals surface area contributed by atoms with E-state index in [0.29, 0.717) is 25.3 Å². The highest BCUT2D eigenvalue weighted by Gasteiger charge is 2.35. The van der Waals surface area contributed by atoms with Crippen molar-refractivity contribution in [2.45, 2.75) is 38.9 Å². The average Bonchev–Trinajstić information content (AvgIpc) is 2.71. The van der Waals surface area contributed by atoms with Crippen molar-refractivity contribution in [3.05, 3.63) is 29.8 Å². The van der Waals surface area contributed by atoms with Crippen LogP contribution in [0.25, 0.3) is 0 Å². The highest BCUT2D eigenvalue weighted by molar-refractivity contribution is 5.81. The molecule has 1 aliphatic heterocycles. The third-order valence-electron chi connectivity index (χ3n) is 3.45. The third kappa shape index (κ3) is 3.47. The summed E-state index contributed by atoms with van der Waals surface area (Å²) in [7, 11) is 0. The minimum Gasteiger partial charge on any atom is -0.481 e. The molecule has 1 fully saturated rings. The van der Waals surface area contributed by atoms with Crippen molar-refractivity contribution in [3.8, 4) is 5.75 Å². The summed E-state index contributed by atoms with van der Waals surface area (Å²) in [6, 6.07) is 7.62. The molecule has 1 N–H and O–H groups in total. The zero-order chi connectivity index (χ0) is 14.0. The van der Waals surface area contributed by atoms with Crippen molar-refractivity contribution >= 4 is 5.91 Å². The summed E-state index contributed by atoms with van der Waals surface area (Å²) in [6.07, 6.45) is 0.0901. The quantitative estimate of drug-likeness (QED) is 0.903. The molecule has 0 bridgehead atoms. The number of carbonyl (C=O) groups is 1. The van der Waals surface area contributed by atoms with Crippen LogP contribution in [0.2, 0.25) is 0 Å². The van der Waals surface area contributed by atoms with E-state index in [0.717, 1.165) is 5.56 Å². The number of hydrogen-bond donors (Lipinski definition) is 1. The minimum absolute atomic E-state index is 0.0710. The lowest BCUT2D eigenvalue weighted by atomic mass is 10.1. The Balaban J connectivity index is 1.94. The van der Waals surface area contributed by atoms with Crippen molar-refractivity contribution in [1.29, 1.82) is 0 Å². The van der Waals surface area contributed by atoms with E-state index in [1.165, 1.54) is 0 Å². The molecule has 104 valence electrons. The highest BCUT2D eigenvalue weighted by Crippen LogP contribution is 2.22. The van der Waals surface area contributed by atoms with E-state index in [4.69, 9.17) is 4.74 Å². The predicted octanol–water partition coefficient (Wildman–Crippen LogP) is 1.75. The second kappa shape index (κ2) is 5.21. The maximum Gasteiger partial charge on any atom is 0.263 e. The molecule has 2 rings (SSSR count). The summed E-state index contributed by atoms with van der Waals surface area (Å²) in [5.74, 6) is 0.621. The molecule has 2 atom stereocenters. The first kappa shape index (κ1) is 13.9. The van der Waals surface area contributed by atoms with Gasteiger partial charge >= 0.3 is 0 Å². The van der Waals surface area contributed by atoms with Gasteiger partial charge in [0.1, 0.15) is 5.75 Å². The summed E-state index contributed by atoms with van der Waals surface area (Å²) in [4.78, 5) is 13.9. The molecule has 0 radical (unpaired) electrons.